The number of furan rings is 2. The molecule has 12 rings (SSSR count). The predicted molar refractivity (Wildman–Crippen MR) is 236 cm³/mol. The van der Waals surface area contributed by atoms with Crippen molar-refractivity contribution in [2.75, 3.05) is 0 Å². The third-order valence-corrected chi connectivity index (χ3v) is 11.5. The number of nitriles is 1. The molecule has 0 amide bonds. The van der Waals surface area contributed by atoms with Crippen LogP contribution < -0.4 is 0 Å². The first kappa shape index (κ1) is 32.2. The number of hydrogen-bond acceptors (Lipinski definition) is 5. The van der Waals surface area contributed by atoms with E-state index in [0.717, 1.165) is 66.2 Å². The summed E-state index contributed by atoms with van der Waals surface area (Å²) in [5.41, 5.74) is 10.9. The Balaban J connectivity index is 1.06. The summed E-state index contributed by atoms with van der Waals surface area (Å²) in [5.74, 6) is 0.605. The van der Waals surface area contributed by atoms with Crippen LogP contribution in [0.3, 0.4) is 0 Å². The van der Waals surface area contributed by atoms with E-state index >= 15 is 0 Å². The highest BCUT2D eigenvalue weighted by atomic mass is 16.3. The highest BCUT2D eigenvalue weighted by Gasteiger charge is 2.22. The number of aromatic nitrogens is 2. The molecule has 58 heavy (non-hydrogen) atoms. The normalized spacial score (nSPS) is 11.8. The standard InChI is InChI=1S/C53H29N3O2/c54-30-31-18-20-32(21-19-31)49-52-50(56-53(55-49)33-10-2-1-3-11-33)44-25-23-35(29-47(44)58-52)37-27-26-36(48-43-16-8-9-17-46(43)57-51(37)48)34-22-24-42-40-14-5-4-12-38(40)39-13-6-7-15-41(39)45(42)28-34/h1-29H. The fourth-order valence-electron chi connectivity index (χ4n) is 8.80. The number of nitrogens with zero attached hydrogens (tertiary/aromatic N) is 3. The Morgan fingerprint density at radius 1 is 0.397 bits per heavy atom. The lowest BCUT2D eigenvalue weighted by Crippen LogP contribution is -1.93. The molecular formula is C53H29N3O2. The molecule has 0 bridgehead atoms. The van der Waals surface area contributed by atoms with Crippen molar-refractivity contribution in [2.24, 2.45) is 0 Å². The molecule has 0 aliphatic heterocycles. The fraction of sp³-hybridized carbons (Fsp3) is 0. The van der Waals surface area contributed by atoms with E-state index in [-0.39, 0.29) is 0 Å². The highest BCUT2D eigenvalue weighted by molar-refractivity contribution is 6.26. The first-order valence-electron chi connectivity index (χ1n) is 19.3. The van der Waals surface area contributed by atoms with Gasteiger partial charge in [-0.05, 0) is 91.5 Å². The summed E-state index contributed by atoms with van der Waals surface area (Å²) < 4.78 is 13.5. The second-order valence-electron chi connectivity index (χ2n) is 14.8. The zero-order chi connectivity index (χ0) is 38.3. The molecule has 3 heterocycles. The Bertz CT molecular complexity index is 3650. The zero-order valence-electron chi connectivity index (χ0n) is 30.9. The molecule has 12 aromatic rings. The van der Waals surface area contributed by atoms with Crippen LogP contribution in [0.5, 0.6) is 0 Å². The first-order chi connectivity index (χ1) is 28.7. The number of rotatable bonds is 4. The quantitative estimate of drug-likeness (QED) is 0.168. The van der Waals surface area contributed by atoms with E-state index in [1.165, 1.54) is 32.3 Å². The van der Waals surface area contributed by atoms with Gasteiger partial charge in [0.1, 0.15) is 28.0 Å². The maximum atomic E-state index is 9.46. The van der Waals surface area contributed by atoms with E-state index in [0.29, 0.717) is 28.2 Å². The van der Waals surface area contributed by atoms with Crippen LogP contribution in [-0.2, 0) is 0 Å². The molecule has 9 aromatic carbocycles. The van der Waals surface area contributed by atoms with Crippen molar-refractivity contribution < 1.29 is 8.83 Å². The van der Waals surface area contributed by atoms with Gasteiger partial charge in [-0.2, -0.15) is 5.26 Å². The monoisotopic (exact) mass is 739 g/mol. The predicted octanol–water partition coefficient (Wildman–Crippen LogP) is 14.3. The minimum absolute atomic E-state index is 0.581. The number of fused-ring (bicyclic) bond motifs is 12. The van der Waals surface area contributed by atoms with Crippen LogP contribution in [0.1, 0.15) is 5.56 Å². The molecule has 0 saturated carbocycles. The lowest BCUT2D eigenvalue weighted by atomic mass is 9.90. The summed E-state index contributed by atoms with van der Waals surface area (Å²) in [6, 6.07) is 62.8. The van der Waals surface area contributed by atoms with E-state index < -0.39 is 0 Å². The van der Waals surface area contributed by atoms with Gasteiger partial charge in [0.2, 0.25) is 0 Å². The summed E-state index contributed by atoms with van der Waals surface area (Å²) >= 11 is 0. The summed E-state index contributed by atoms with van der Waals surface area (Å²) in [6.45, 7) is 0. The first-order valence-corrected chi connectivity index (χ1v) is 19.3. The number of hydrogen-bond donors (Lipinski definition) is 0. The van der Waals surface area contributed by atoms with Crippen molar-refractivity contribution in [3.8, 4) is 51.0 Å². The average Bonchev–Trinajstić information content (AvgIpc) is 3.87. The SMILES string of the molecule is N#Cc1ccc(-c2nc(-c3ccccc3)nc3c2oc2cc(-c4ccc(-c5ccc6c7ccccc7c7ccccc7c6c5)c5c4oc4ccccc45)ccc23)cc1. The molecule has 0 aliphatic carbocycles. The molecule has 5 heteroatoms. The van der Waals surface area contributed by atoms with Gasteiger partial charge in [-0.15, -0.1) is 0 Å². The topological polar surface area (TPSA) is 75.8 Å². The lowest BCUT2D eigenvalue weighted by Gasteiger charge is -2.13. The summed E-state index contributed by atoms with van der Waals surface area (Å²) in [5, 5.41) is 20.0. The molecule has 0 saturated heterocycles. The van der Waals surface area contributed by atoms with Crippen molar-refractivity contribution in [3.05, 3.63) is 181 Å². The molecule has 0 fully saturated rings. The van der Waals surface area contributed by atoms with Gasteiger partial charge in [-0.1, -0.05) is 133 Å². The fourth-order valence-corrected chi connectivity index (χ4v) is 8.80. The summed E-state index contributed by atoms with van der Waals surface area (Å²) in [7, 11) is 0. The third-order valence-electron chi connectivity index (χ3n) is 11.5. The van der Waals surface area contributed by atoms with Gasteiger partial charge in [-0.25, -0.2) is 9.97 Å². The van der Waals surface area contributed by atoms with Crippen LogP contribution >= 0.6 is 0 Å². The van der Waals surface area contributed by atoms with E-state index in [1.807, 2.05) is 54.6 Å². The molecule has 0 atom stereocenters. The molecule has 268 valence electrons. The van der Waals surface area contributed by atoms with Crippen molar-refractivity contribution in [3.63, 3.8) is 0 Å². The van der Waals surface area contributed by atoms with Gasteiger partial charge in [0.15, 0.2) is 11.4 Å². The van der Waals surface area contributed by atoms with Gasteiger partial charge in [0.05, 0.1) is 11.6 Å². The Kier molecular flexibility index (Phi) is 6.92. The molecule has 0 spiro atoms. The van der Waals surface area contributed by atoms with E-state index in [4.69, 9.17) is 18.8 Å². The van der Waals surface area contributed by atoms with Crippen molar-refractivity contribution in [1.82, 2.24) is 9.97 Å². The van der Waals surface area contributed by atoms with Crippen LogP contribution in [0.2, 0.25) is 0 Å². The molecule has 0 radical (unpaired) electrons. The summed E-state index contributed by atoms with van der Waals surface area (Å²) in [4.78, 5) is 10.1. The van der Waals surface area contributed by atoms with Crippen LogP contribution in [0.4, 0.5) is 0 Å². The molecule has 0 unspecified atom stereocenters. The van der Waals surface area contributed by atoms with Gasteiger partial charge in [0.25, 0.3) is 0 Å². The third kappa shape index (κ3) is 4.82. The Hall–Kier alpha value is -8.07. The largest absolute Gasteiger partial charge is 0.455 e. The molecular weight excluding hydrogens is 711 g/mol. The van der Waals surface area contributed by atoms with Crippen LogP contribution in [0.15, 0.2) is 185 Å². The van der Waals surface area contributed by atoms with Gasteiger partial charge in [0, 0.05) is 32.8 Å². The van der Waals surface area contributed by atoms with Crippen molar-refractivity contribution >= 4 is 76.3 Å². The van der Waals surface area contributed by atoms with E-state index in [9.17, 15) is 5.26 Å². The number of para-hydroxylation sites is 1. The Labute approximate surface area is 331 Å². The molecule has 0 N–H and O–H groups in total. The van der Waals surface area contributed by atoms with Gasteiger partial charge < -0.3 is 8.83 Å². The van der Waals surface area contributed by atoms with Crippen LogP contribution in [-0.4, -0.2) is 9.97 Å². The minimum atomic E-state index is 0.581. The molecule has 5 nitrogen and oxygen atoms in total. The number of benzene rings is 9. The minimum Gasteiger partial charge on any atom is -0.455 e. The molecule has 3 aromatic heterocycles. The zero-order valence-corrected chi connectivity index (χ0v) is 30.9. The molecule has 0 aliphatic rings. The van der Waals surface area contributed by atoms with Crippen LogP contribution in [0, 0.1) is 11.3 Å². The van der Waals surface area contributed by atoms with Crippen LogP contribution in [0.25, 0.3) is 121 Å². The van der Waals surface area contributed by atoms with E-state index in [2.05, 4.69) is 115 Å². The lowest BCUT2D eigenvalue weighted by molar-refractivity contribution is 0.667. The van der Waals surface area contributed by atoms with Crippen molar-refractivity contribution in [2.45, 2.75) is 0 Å². The Morgan fingerprint density at radius 2 is 0.966 bits per heavy atom. The second kappa shape index (κ2) is 12.5. The van der Waals surface area contributed by atoms with Gasteiger partial charge in [-0.3, -0.25) is 0 Å². The maximum Gasteiger partial charge on any atom is 0.180 e. The second-order valence-corrected chi connectivity index (χ2v) is 14.8. The smallest absolute Gasteiger partial charge is 0.180 e. The Morgan fingerprint density at radius 3 is 1.69 bits per heavy atom. The van der Waals surface area contributed by atoms with Gasteiger partial charge >= 0.3 is 0 Å². The maximum absolute atomic E-state index is 9.46. The summed E-state index contributed by atoms with van der Waals surface area (Å²) in [6.07, 6.45) is 0. The van der Waals surface area contributed by atoms with Crippen molar-refractivity contribution in [1.29, 1.82) is 5.26 Å². The van der Waals surface area contributed by atoms with E-state index in [1.54, 1.807) is 12.1 Å². The average molecular weight is 740 g/mol. The highest BCUT2D eigenvalue weighted by Crippen LogP contribution is 2.45.